The Morgan fingerprint density at radius 3 is 2.49 bits per heavy atom. The van der Waals surface area contributed by atoms with Crippen molar-refractivity contribution in [2.45, 2.75) is 63.3 Å². The summed E-state index contributed by atoms with van der Waals surface area (Å²) in [5.74, 6) is 2.37. The fourth-order valence-corrected chi connectivity index (χ4v) is 5.02. The van der Waals surface area contributed by atoms with Crippen LogP contribution in [-0.4, -0.2) is 59.6 Å². The smallest absolute Gasteiger partial charge is 0.146 e. The van der Waals surface area contributed by atoms with Crippen LogP contribution in [0.2, 0.25) is 0 Å². The van der Waals surface area contributed by atoms with Crippen molar-refractivity contribution in [2.24, 2.45) is 10.9 Å². The minimum Gasteiger partial charge on any atom is -0.400 e. The number of ether oxygens (including phenoxy) is 1. The Morgan fingerprint density at radius 2 is 1.83 bits per heavy atom. The molecule has 0 spiro atoms. The number of piperidine rings is 1. The van der Waals surface area contributed by atoms with Crippen LogP contribution in [0, 0.1) is 5.92 Å². The summed E-state index contributed by atoms with van der Waals surface area (Å²) in [6, 6.07) is 8.07. The highest BCUT2D eigenvalue weighted by molar-refractivity contribution is 5.99. The molecule has 0 bridgehead atoms. The number of nitrogens with zero attached hydrogens (tertiary/aromatic N) is 4. The summed E-state index contributed by atoms with van der Waals surface area (Å²) in [4.78, 5) is 26.6. The number of carbonyl (C=O) groups excluding carboxylic acids is 1. The van der Waals surface area contributed by atoms with Crippen LogP contribution < -0.4 is 15.8 Å². The second-order valence-electron chi connectivity index (χ2n) is 9.21. The highest BCUT2D eigenvalue weighted by Gasteiger charge is 2.27. The third-order valence-corrected chi connectivity index (χ3v) is 6.98. The molecule has 9 nitrogen and oxygen atoms in total. The van der Waals surface area contributed by atoms with Gasteiger partial charge in [-0.25, -0.2) is 15.4 Å². The lowest BCUT2D eigenvalue weighted by Gasteiger charge is -2.36. The number of amidine groups is 1. The van der Waals surface area contributed by atoms with Gasteiger partial charge in [-0.05, 0) is 62.6 Å². The van der Waals surface area contributed by atoms with E-state index in [-0.39, 0.29) is 6.17 Å². The number of hydrogen-bond donors (Lipinski definition) is 3. The highest BCUT2D eigenvalue weighted by atomic mass is 16.5. The van der Waals surface area contributed by atoms with Crippen LogP contribution in [0.25, 0.3) is 0 Å². The summed E-state index contributed by atoms with van der Waals surface area (Å²) in [6.07, 6.45) is 14.3. The number of nitrogens with one attached hydrogen (secondary N) is 2. The maximum Gasteiger partial charge on any atom is 0.146 e. The quantitative estimate of drug-likeness (QED) is 0.519. The van der Waals surface area contributed by atoms with Crippen molar-refractivity contribution in [1.82, 2.24) is 20.8 Å². The predicted molar refractivity (Wildman–Crippen MR) is 135 cm³/mol. The number of pyridine rings is 2. The molecule has 1 saturated heterocycles. The van der Waals surface area contributed by atoms with Crippen LogP contribution in [0.1, 0.15) is 62.2 Å². The van der Waals surface area contributed by atoms with Gasteiger partial charge >= 0.3 is 0 Å². The van der Waals surface area contributed by atoms with Crippen molar-refractivity contribution in [2.75, 3.05) is 25.1 Å². The van der Waals surface area contributed by atoms with Gasteiger partial charge in [0, 0.05) is 56.3 Å². The van der Waals surface area contributed by atoms with Crippen LogP contribution in [0.4, 0.5) is 5.82 Å². The Balaban J connectivity index is 0.00000141. The number of aliphatic imine (C=N–C) groups is 1. The Bertz CT molecular complexity index is 939. The van der Waals surface area contributed by atoms with Crippen LogP contribution in [0.5, 0.6) is 0 Å². The largest absolute Gasteiger partial charge is 0.400 e. The molecule has 1 unspecified atom stereocenters. The number of aldehydes is 1. The number of aliphatic hydroxyl groups excluding tert-OH is 1. The van der Waals surface area contributed by atoms with Crippen molar-refractivity contribution >= 4 is 17.9 Å². The molecule has 3 N–H and O–H groups in total. The fraction of sp³-hybridized carbons (Fsp3) is 0.538. The van der Waals surface area contributed by atoms with Crippen LogP contribution in [-0.2, 0) is 9.53 Å². The molecule has 1 atom stereocenters. The monoisotopic (exact) mass is 480 g/mol. The minimum absolute atomic E-state index is 0.164. The van der Waals surface area contributed by atoms with E-state index in [2.05, 4.69) is 32.9 Å². The Hall–Kier alpha value is -2.88. The van der Waals surface area contributed by atoms with Gasteiger partial charge in [0.05, 0.1) is 12.2 Å². The second kappa shape index (κ2) is 12.7. The number of rotatable bonds is 7. The average molecular weight is 481 g/mol. The summed E-state index contributed by atoms with van der Waals surface area (Å²) >= 11 is 0. The fourth-order valence-electron chi connectivity index (χ4n) is 5.02. The number of carbonyl (C=O) groups is 1. The number of anilines is 1. The van der Waals surface area contributed by atoms with E-state index >= 15 is 0 Å². The first-order chi connectivity index (χ1) is 17.3. The van der Waals surface area contributed by atoms with Gasteiger partial charge in [-0.15, -0.1) is 0 Å². The van der Waals surface area contributed by atoms with Gasteiger partial charge in [-0.2, -0.15) is 0 Å². The molecule has 5 rings (SSSR count). The van der Waals surface area contributed by atoms with Gasteiger partial charge in [-0.1, -0.05) is 6.07 Å². The molecule has 0 aromatic carbocycles. The van der Waals surface area contributed by atoms with Crippen molar-refractivity contribution in [3.05, 3.63) is 54.0 Å². The predicted octanol–water partition coefficient (Wildman–Crippen LogP) is 2.77. The van der Waals surface area contributed by atoms with Crippen LogP contribution in [0.15, 0.2) is 47.8 Å². The molecule has 2 fully saturated rings. The maximum absolute atomic E-state index is 10.7. The van der Waals surface area contributed by atoms with Gasteiger partial charge < -0.3 is 25.0 Å². The summed E-state index contributed by atoms with van der Waals surface area (Å²) in [5.41, 5.74) is 8.32. The molecule has 188 valence electrons. The topological polar surface area (TPSA) is 112 Å². The van der Waals surface area contributed by atoms with Gasteiger partial charge in [0.25, 0.3) is 0 Å². The zero-order valence-electron chi connectivity index (χ0n) is 20.3. The zero-order chi connectivity index (χ0) is 24.5. The van der Waals surface area contributed by atoms with E-state index < -0.39 is 0 Å². The van der Waals surface area contributed by atoms with Crippen LogP contribution >= 0.6 is 0 Å². The van der Waals surface area contributed by atoms with Crippen molar-refractivity contribution in [1.29, 1.82) is 0 Å². The molecule has 0 amide bonds. The van der Waals surface area contributed by atoms with E-state index in [4.69, 9.17) is 19.8 Å². The Morgan fingerprint density at radius 1 is 1.06 bits per heavy atom. The molecule has 2 aliphatic heterocycles. The molecular weight excluding hydrogens is 444 g/mol. The average Bonchev–Trinajstić information content (AvgIpc) is 3.43. The van der Waals surface area contributed by atoms with E-state index in [1.807, 2.05) is 18.3 Å². The third-order valence-electron chi connectivity index (χ3n) is 6.98. The van der Waals surface area contributed by atoms with Crippen molar-refractivity contribution in [3.63, 3.8) is 0 Å². The molecular formula is C26H36N6O3. The number of aliphatic hydroxyl groups is 1. The highest BCUT2D eigenvalue weighted by Crippen LogP contribution is 2.30. The van der Waals surface area contributed by atoms with E-state index in [0.717, 1.165) is 87.8 Å². The lowest BCUT2D eigenvalue weighted by Crippen LogP contribution is -2.39. The van der Waals surface area contributed by atoms with E-state index in [1.54, 1.807) is 12.4 Å². The molecule has 1 aliphatic carbocycles. The molecule has 2 aromatic rings. The minimum atomic E-state index is -0.164. The van der Waals surface area contributed by atoms with Gasteiger partial charge in [0.2, 0.25) is 0 Å². The Labute approximate surface area is 207 Å². The van der Waals surface area contributed by atoms with E-state index in [9.17, 15) is 4.79 Å². The lowest BCUT2D eigenvalue weighted by atomic mass is 9.85. The van der Waals surface area contributed by atoms with Crippen LogP contribution in [0.3, 0.4) is 0 Å². The summed E-state index contributed by atoms with van der Waals surface area (Å²) in [5, 5.41) is 7.00. The first-order valence-corrected chi connectivity index (χ1v) is 12.5. The van der Waals surface area contributed by atoms with Gasteiger partial charge in [0.15, 0.2) is 0 Å². The molecule has 1 saturated carbocycles. The molecule has 9 heteroatoms. The zero-order valence-corrected chi connectivity index (χ0v) is 20.3. The Kier molecular flexibility index (Phi) is 9.16. The normalized spacial score (nSPS) is 24.7. The van der Waals surface area contributed by atoms with E-state index in [0.29, 0.717) is 24.5 Å². The van der Waals surface area contributed by atoms with Crippen molar-refractivity contribution < 1.29 is 14.6 Å². The lowest BCUT2D eigenvalue weighted by molar-refractivity contribution is -0.109. The van der Waals surface area contributed by atoms with E-state index in [1.165, 1.54) is 0 Å². The first-order valence-electron chi connectivity index (χ1n) is 12.5. The molecule has 35 heavy (non-hydrogen) atoms. The molecule has 0 radical (unpaired) electrons. The maximum atomic E-state index is 10.7. The molecule has 4 heterocycles. The summed E-state index contributed by atoms with van der Waals surface area (Å²) < 4.78 is 6.41. The second-order valence-corrected chi connectivity index (χ2v) is 9.21. The summed E-state index contributed by atoms with van der Waals surface area (Å²) in [6.45, 7) is 1.92. The molecule has 3 aliphatic rings. The first kappa shape index (κ1) is 25.2. The standard InChI is InChI=1S/C25H32N6O2.CH4O/c32-15-11-18-3-6-21(7-4-18)33-22-9-13-31(14-10-22)23-8-5-20(17-27-23)25-28-24(29-30-25)19-2-1-12-26-16-19;1-2/h1-2,5,8,12,15-18,21-22,25,30H,3-4,6-7,9-11,13-14H2,(H,28,29);2H,1H3. The number of aromatic nitrogens is 2. The number of hydrogen-bond acceptors (Lipinski definition) is 9. The van der Waals surface area contributed by atoms with Gasteiger partial charge in [-0.3, -0.25) is 4.98 Å². The number of hydrazine groups is 1. The van der Waals surface area contributed by atoms with Crippen molar-refractivity contribution in [3.8, 4) is 0 Å². The molecule has 2 aromatic heterocycles. The summed E-state index contributed by atoms with van der Waals surface area (Å²) in [7, 11) is 1.00. The van der Waals surface area contributed by atoms with Gasteiger partial charge in [0.1, 0.15) is 24.1 Å². The third kappa shape index (κ3) is 6.62. The SMILES string of the molecule is CO.O=CCC1CCC(OC2CCN(c3ccc(C4N=C(c5cccnc5)NN4)cn3)CC2)CC1.